The van der Waals surface area contributed by atoms with Gasteiger partial charge in [0.25, 0.3) is 0 Å². The number of rotatable bonds is 2. The average molecular weight is 225 g/mol. The Kier molecular flexibility index (Phi) is 5.07. The van der Waals surface area contributed by atoms with Gasteiger partial charge in [-0.15, -0.1) is 0 Å². The van der Waals surface area contributed by atoms with Crippen molar-refractivity contribution in [3.8, 4) is 0 Å². The van der Waals surface area contributed by atoms with Crippen LogP contribution in [0.1, 0.15) is 25.7 Å². The van der Waals surface area contributed by atoms with Crippen LogP contribution in [-0.2, 0) is 0 Å². The molecule has 0 aliphatic carbocycles. The Morgan fingerprint density at radius 1 is 1.00 bits per heavy atom. The van der Waals surface area contributed by atoms with Crippen LogP contribution in [0.2, 0.25) is 0 Å². The minimum atomic E-state index is 0.962. The summed E-state index contributed by atoms with van der Waals surface area (Å²) in [7, 11) is 2.25. The van der Waals surface area contributed by atoms with Crippen molar-refractivity contribution >= 4 is 0 Å². The summed E-state index contributed by atoms with van der Waals surface area (Å²) < 4.78 is 0. The molecular formula is C13H27N3. The summed E-state index contributed by atoms with van der Waals surface area (Å²) in [6.45, 7) is 9.00. The third-order valence-electron chi connectivity index (χ3n) is 4.01. The molecule has 2 rings (SSSR count). The van der Waals surface area contributed by atoms with Crippen molar-refractivity contribution in [3.05, 3.63) is 0 Å². The zero-order valence-corrected chi connectivity index (χ0v) is 10.7. The molecule has 0 bridgehead atoms. The van der Waals surface area contributed by atoms with Gasteiger partial charge in [-0.25, -0.2) is 0 Å². The monoisotopic (exact) mass is 225 g/mol. The van der Waals surface area contributed by atoms with Gasteiger partial charge >= 0.3 is 0 Å². The van der Waals surface area contributed by atoms with Crippen molar-refractivity contribution in [1.29, 1.82) is 0 Å². The van der Waals surface area contributed by atoms with Crippen LogP contribution in [0.15, 0.2) is 0 Å². The first-order valence-electron chi connectivity index (χ1n) is 6.96. The lowest BCUT2D eigenvalue weighted by molar-refractivity contribution is 0.155. The van der Waals surface area contributed by atoms with Gasteiger partial charge in [-0.3, -0.25) is 0 Å². The van der Waals surface area contributed by atoms with Crippen molar-refractivity contribution < 1.29 is 0 Å². The zero-order chi connectivity index (χ0) is 11.2. The molecule has 2 saturated heterocycles. The minimum absolute atomic E-state index is 0.962. The van der Waals surface area contributed by atoms with Gasteiger partial charge in [-0.1, -0.05) is 0 Å². The predicted molar refractivity (Wildman–Crippen MR) is 68.8 cm³/mol. The molecule has 0 aromatic carbocycles. The second-order valence-electron chi connectivity index (χ2n) is 5.50. The standard InChI is InChI=1S/C13H27N3/c1-15-10-4-13(5-11-15)12-16-8-2-6-14-7-3-9-16/h13-14H,2-12H2,1H3. The zero-order valence-electron chi connectivity index (χ0n) is 10.7. The third-order valence-corrected chi connectivity index (χ3v) is 4.01. The van der Waals surface area contributed by atoms with E-state index in [0.717, 1.165) is 5.92 Å². The fourth-order valence-corrected chi connectivity index (χ4v) is 2.88. The molecule has 94 valence electrons. The van der Waals surface area contributed by atoms with Gasteiger partial charge in [0.2, 0.25) is 0 Å². The van der Waals surface area contributed by atoms with E-state index >= 15 is 0 Å². The Morgan fingerprint density at radius 2 is 1.62 bits per heavy atom. The van der Waals surface area contributed by atoms with Crippen LogP contribution in [0, 0.1) is 5.92 Å². The Labute approximate surface area is 100 Å². The highest BCUT2D eigenvalue weighted by Crippen LogP contribution is 2.17. The number of piperidine rings is 1. The quantitative estimate of drug-likeness (QED) is 0.757. The van der Waals surface area contributed by atoms with E-state index in [0.29, 0.717) is 0 Å². The SMILES string of the molecule is CN1CCC(CN2CCCNCCC2)CC1. The summed E-state index contributed by atoms with van der Waals surface area (Å²) in [6, 6.07) is 0. The molecule has 3 heteroatoms. The molecule has 0 unspecified atom stereocenters. The van der Waals surface area contributed by atoms with E-state index in [-0.39, 0.29) is 0 Å². The number of likely N-dealkylation sites (tertiary alicyclic amines) is 1. The van der Waals surface area contributed by atoms with Crippen LogP contribution in [0.4, 0.5) is 0 Å². The van der Waals surface area contributed by atoms with E-state index in [2.05, 4.69) is 22.2 Å². The summed E-state index contributed by atoms with van der Waals surface area (Å²) in [6.07, 6.45) is 5.47. The maximum absolute atomic E-state index is 3.48. The van der Waals surface area contributed by atoms with E-state index in [1.807, 2.05) is 0 Å². The van der Waals surface area contributed by atoms with Gasteiger partial charge in [0.15, 0.2) is 0 Å². The molecule has 0 aromatic heterocycles. The molecule has 2 fully saturated rings. The molecule has 0 radical (unpaired) electrons. The van der Waals surface area contributed by atoms with E-state index in [9.17, 15) is 0 Å². The van der Waals surface area contributed by atoms with Crippen LogP contribution in [0.25, 0.3) is 0 Å². The van der Waals surface area contributed by atoms with Crippen LogP contribution in [0.5, 0.6) is 0 Å². The van der Waals surface area contributed by atoms with Crippen LogP contribution in [0.3, 0.4) is 0 Å². The lowest BCUT2D eigenvalue weighted by atomic mass is 9.96. The Balaban J connectivity index is 1.70. The number of hydrogen-bond acceptors (Lipinski definition) is 3. The Morgan fingerprint density at radius 3 is 2.25 bits per heavy atom. The van der Waals surface area contributed by atoms with Crippen LogP contribution >= 0.6 is 0 Å². The Bertz CT molecular complexity index is 180. The summed E-state index contributed by atoms with van der Waals surface area (Å²) >= 11 is 0. The maximum atomic E-state index is 3.48. The summed E-state index contributed by atoms with van der Waals surface area (Å²) in [5.41, 5.74) is 0. The second kappa shape index (κ2) is 6.58. The lowest BCUT2D eigenvalue weighted by Gasteiger charge is -2.33. The first-order valence-corrected chi connectivity index (χ1v) is 6.96. The molecule has 0 aromatic rings. The van der Waals surface area contributed by atoms with Gasteiger partial charge in [0.1, 0.15) is 0 Å². The Hall–Kier alpha value is -0.120. The van der Waals surface area contributed by atoms with Crippen molar-refractivity contribution in [2.75, 3.05) is 52.9 Å². The number of nitrogens with zero attached hydrogens (tertiary/aromatic N) is 2. The van der Waals surface area contributed by atoms with Crippen LogP contribution < -0.4 is 5.32 Å². The highest BCUT2D eigenvalue weighted by atomic mass is 15.1. The molecule has 2 aliphatic heterocycles. The smallest absolute Gasteiger partial charge is 0.00106 e. The summed E-state index contributed by atoms with van der Waals surface area (Å²) in [5, 5.41) is 3.48. The molecule has 2 heterocycles. The maximum Gasteiger partial charge on any atom is 0.00106 e. The van der Waals surface area contributed by atoms with Crippen molar-refractivity contribution in [2.45, 2.75) is 25.7 Å². The topological polar surface area (TPSA) is 18.5 Å². The van der Waals surface area contributed by atoms with E-state index in [1.165, 1.54) is 71.5 Å². The number of hydrogen-bond donors (Lipinski definition) is 1. The minimum Gasteiger partial charge on any atom is -0.317 e. The van der Waals surface area contributed by atoms with Gasteiger partial charge in [0, 0.05) is 6.54 Å². The molecule has 0 amide bonds. The molecule has 2 aliphatic rings. The van der Waals surface area contributed by atoms with E-state index in [4.69, 9.17) is 0 Å². The molecular weight excluding hydrogens is 198 g/mol. The average Bonchev–Trinajstić information content (AvgIpc) is 2.25. The van der Waals surface area contributed by atoms with Gasteiger partial charge < -0.3 is 15.1 Å². The number of nitrogens with one attached hydrogen (secondary N) is 1. The van der Waals surface area contributed by atoms with Crippen molar-refractivity contribution in [2.24, 2.45) is 5.92 Å². The first-order chi connectivity index (χ1) is 7.84. The summed E-state index contributed by atoms with van der Waals surface area (Å²) in [4.78, 5) is 5.17. The second-order valence-corrected chi connectivity index (χ2v) is 5.50. The van der Waals surface area contributed by atoms with Crippen molar-refractivity contribution in [1.82, 2.24) is 15.1 Å². The summed E-state index contributed by atoms with van der Waals surface area (Å²) in [5.74, 6) is 0.962. The third kappa shape index (κ3) is 4.04. The van der Waals surface area contributed by atoms with E-state index < -0.39 is 0 Å². The largest absolute Gasteiger partial charge is 0.317 e. The molecule has 16 heavy (non-hydrogen) atoms. The molecule has 1 N–H and O–H groups in total. The molecule has 0 atom stereocenters. The predicted octanol–water partition coefficient (Wildman–Crippen LogP) is 1.01. The highest BCUT2D eigenvalue weighted by molar-refractivity contribution is 4.74. The fraction of sp³-hybridized carbons (Fsp3) is 1.00. The first kappa shape index (κ1) is 12.3. The highest BCUT2D eigenvalue weighted by Gasteiger charge is 2.19. The van der Waals surface area contributed by atoms with Gasteiger partial charge in [-0.2, -0.15) is 0 Å². The van der Waals surface area contributed by atoms with Crippen molar-refractivity contribution in [3.63, 3.8) is 0 Å². The molecule has 3 nitrogen and oxygen atoms in total. The van der Waals surface area contributed by atoms with Gasteiger partial charge in [-0.05, 0) is 77.9 Å². The lowest BCUT2D eigenvalue weighted by Crippen LogP contribution is -2.40. The normalized spacial score (nSPS) is 27.6. The fourth-order valence-electron chi connectivity index (χ4n) is 2.88. The van der Waals surface area contributed by atoms with Gasteiger partial charge in [0.05, 0.1) is 0 Å². The molecule has 0 spiro atoms. The van der Waals surface area contributed by atoms with Crippen LogP contribution in [-0.4, -0.2) is 62.7 Å². The van der Waals surface area contributed by atoms with E-state index in [1.54, 1.807) is 0 Å². The molecule has 0 saturated carbocycles.